The summed E-state index contributed by atoms with van der Waals surface area (Å²) in [4.78, 5) is 12.4. The maximum absolute atomic E-state index is 12.4. The van der Waals surface area contributed by atoms with Gasteiger partial charge in [0.15, 0.2) is 11.0 Å². The molecule has 4 rings (SSSR count). The number of rotatable bonds is 8. The number of thioether (sulfide) groups is 1. The van der Waals surface area contributed by atoms with Crippen molar-refractivity contribution in [3.63, 3.8) is 0 Å². The summed E-state index contributed by atoms with van der Waals surface area (Å²) < 4.78 is 2.94. The van der Waals surface area contributed by atoms with Crippen LogP contribution in [0.15, 0.2) is 105 Å². The van der Waals surface area contributed by atoms with Gasteiger partial charge in [0.25, 0.3) is 5.91 Å². The molecule has 1 heterocycles. The second-order valence-corrected chi connectivity index (χ2v) is 9.22. The largest absolute Gasteiger partial charge is 0.272 e. The maximum atomic E-state index is 12.4. The van der Waals surface area contributed by atoms with Crippen molar-refractivity contribution in [1.82, 2.24) is 20.2 Å². The minimum Gasteiger partial charge on any atom is -0.272 e. The molecular weight excluding hydrogens is 510 g/mol. The van der Waals surface area contributed by atoms with Crippen LogP contribution in [0.3, 0.4) is 0 Å². The van der Waals surface area contributed by atoms with E-state index in [1.54, 1.807) is 6.21 Å². The molecule has 0 aliphatic heterocycles. The molecule has 0 fully saturated rings. The summed E-state index contributed by atoms with van der Waals surface area (Å²) in [5.74, 6) is 0.646. The molecule has 6 nitrogen and oxygen atoms in total. The Morgan fingerprint density at radius 1 is 1.00 bits per heavy atom. The fourth-order valence-electron chi connectivity index (χ4n) is 3.18. The predicted molar refractivity (Wildman–Crippen MR) is 142 cm³/mol. The number of aromatic nitrogens is 3. The summed E-state index contributed by atoms with van der Waals surface area (Å²) in [6, 6.07) is 27.7. The Bertz CT molecular complexity index is 1300. The van der Waals surface area contributed by atoms with Crippen molar-refractivity contribution in [2.24, 2.45) is 5.10 Å². The van der Waals surface area contributed by atoms with Crippen LogP contribution in [0.2, 0.25) is 0 Å². The van der Waals surface area contributed by atoms with Gasteiger partial charge in [-0.2, -0.15) is 5.10 Å². The molecule has 3 aromatic carbocycles. The van der Waals surface area contributed by atoms with Gasteiger partial charge in [0.05, 0.1) is 12.0 Å². The zero-order valence-electron chi connectivity index (χ0n) is 18.4. The van der Waals surface area contributed by atoms with E-state index >= 15 is 0 Å². The number of hydrogen-bond acceptors (Lipinski definition) is 5. The van der Waals surface area contributed by atoms with Gasteiger partial charge in [-0.1, -0.05) is 94.4 Å². The monoisotopic (exact) mass is 531 g/mol. The first-order chi connectivity index (χ1) is 16.6. The number of halogens is 1. The predicted octanol–water partition coefficient (Wildman–Crippen LogP) is 5.99. The average molecular weight is 532 g/mol. The van der Waals surface area contributed by atoms with Gasteiger partial charge < -0.3 is 0 Å². The molecule has 170 valence electrons. The summed E-state index contributed by atoms with van der Waals surface area (Å²) in [5.41, 5.74) is 6.45. The standard InChI is InChI=1S/C26H22BrN5OS/c1-19(16-20-8-4-2-5-9-20)17-28-29-24(33)18-34-26-31-30-25(21-12-14-22(27)15-13-21)32(26)23-10-6-3-7-11-23/h2-17H,18H2,1H3,(H,29,33)/b19-16+,28-17+. The summed E-state index contributed by atoms with van der Waals surface area (Å²) >= 11 is 4.78. The molecule has 0 radical (unpaired) electrons. The third-order valence-electron chi connectivity index (χ3n) is 4.73. The quantitative estimate of drug-likeness (QED) is 0.172. The average Bonchev–Trinajstić information content (AvgIpc) is 3.28. The smallest absolute Gasteiger partial charge is 0.250 e. The van der Waals surface area contributed by atoms with E-state index in [-0.39, 0.29) is 11.7 Å². The van der Waals surface area contributed by atoms with E-state index in [2.05, 4.69) is 36.7 Å². The molecule has 1 amide bonds. The Hall–Kier alpha value is -3.49. The number of para-hydroxylation sites is 1. The lowest BCUT2D eigenvalue weighted by atomic mass is 10.1. The first-order valence-electron chi connectivity index (χ1n) is 10.5. The van der Waals surface area contributed by atoms with Gasteiger partial charge in [0.2, 0.25) is 0 Å². The van der Waals surface area contributed by atoms with Crippen molar-refractivity contribution in [1.29, 1.82) is 0 Å². The second-order valence-electron chi connectivity index (χ2n) is 7.36. The number of carbonyl (C=O) groups excluding carboxylic acids is 1. The van der Waals surface area contributed by atoms with Gasteiger partial charge >= 0.3 is 0 Å². The highest BCUT2D eigenvalue weighted by atomic mass is 79.9. The van der Waals surface area contributed by atoms with Gasteiger partial charge in [-0.05, 0) is 42.3 Å². The summed E-state index contributed by atoms with van der Waals surface area (Å²) in [5, 5.41) is 13.5. The number of nitrogens with zero attached hydrogens (tertiary/aromatic N) is 4. The number of benzene rings is 3. The molecule has 0 atom stereocenters. The van der Waals surface area contributed by atoms with E-state index in [9.17, 15) is 4.79 Å². The summed E-state index contributed by atoms with van der Waals surface area (Å²) in [6.45, 7) is 1.93. The van der Waals surface area contributed by atoms with Crippen molar-refractivity contribution in [3.8, 4) is 17.1 Å². The molecule has 34 heavy (non-hydrogen) atoms. The molecule has 0 saturated carbocycles. The fraction of sp³-hybridized carbons (Fsp3) is 0.0769. The summed E-state index contributed by atoms with van der Waals surface area (Å²) in [6.07, 6.45) is 3.63. The van der Waals surface area contributed by atoms with Gasteiger partial charge in [0.1, 0.15) is 0 Å². The van der Waals surface area contributed by atoms with Crippen LogP contribution in [-0.2, 0) is 4.79 Å². The van der Waals surface area contributed by atoms with E-state index in [1.165, 1.54) is 11.8 Å². The first-order valence-corrected chi connectivity index (χ1v) is 12.3. The van der Waals surface area contributed by atoms with Crippen LogP contribution in [0.1, 0.15) is 12.5 Å². The second kappa shape index (κ2) is 11.6. The number of hydrogen-bond donors (Lipinski definition) is 1. The lowest BCUT2D eigenvalue weighted by molar-refractivity contribution is -0.118. The molecule has 0 aliphatic rings. The van der Waals surface area contributed by atoms with Gasteiger partial charge in [-0.15, -0.1) is 10.2 Å². The fourth-order valence-corrected chi connectivity index (χ4v) is 4.19. The molecular formula is C26H22BrN5OS. The molecule has 0 unspecified atom stereocenters. The highest BCUT2D eigenvalue weighted by Gasteiger charge is 2.17. The molecule has 1 aromatic heterocycles. The van der Waals surface area contributed by atoms with Crippen LogP contribution in [-0.4, -0.2) is 32.6 Å². The number of carbonyl (C=O) groups is 1. The maximum Gasteiger partial charge on any atom is 0.250 e. The molecule has 4 aromatic rings. The minimum absolute atomic E-state index is 0.157. The van der Waals surface area contributed by atoms with Crippen molar-refractivity contribution in [2.45, 2.75) is 12.1 Å². The minimum atomic E-state index is -0.221. The van der Waals surface area contributed by atoms with Crippen LogP contribution in [0.25, 0.3) is 23.2 Å². The van der Waals surface area contributed by atoms with Crippen molar-refractivity contribution < 1.29 is 4.79 Å². The number of hydrazone groups is 1. The zero-order chi connectivity index (χ0) is 23.8. The van der Waals surface area contributed by atoms with Crippen LogP contribution in [0.5, 0.6) is 0 Å². The third kappa shape index (κ3) is 6.30. The number of amides is 1. The van der Waals surface area contributed by atoms with Crippen LogP contribution in [0, 0.1) is 0 Å². The lowest BCUT2D eigenvalue weighted by Crippen LogP contribution is -2.20. The van der Waals surface area contributed by atoms with Crippen molar-refractivity contribution in [3.05, 3.63) is 101 Å². The van der Waals surface area contributed by atoms with E-state index in [0.29, 0.717) is 11.0 Å². The van der Waals surface area contributed by atoms with Crippen LogP contribution >= 0.6 is 27.7 Å². The van der Waals surface area contributed by atoms with Gasteiger partial charge in [0, 0.05) is 15.7 Å². The van der Waals surface area contributed by atoms with E-state index in [1.807, 2.05) is 102 Å². The van der Waals surface area contributed by atoms with Gasteiger partial charge in [-0.3, -0.25) is 9.36 Å². The SMILES string of the molecule is CC(/C=N/NC(=O)CSc1nnc(-c2ccc(Br)cc2)n1-c1ccccc1)=C\c1ccccc1. The Morgan fingerprint density at radius 2 is 1.68 bits per heavy atom. The number of nitrogens with one attached hydrogen (secondary N) is 1. The molecule has 0 spiro atoms. The molecule has 0 bridgehead atoms. The Balaban J connectivity index is 1.45. The summed E-state index contributed by atoms with van der Waals surface area (Å²) in [7, 11) is 0. The van der Waals surface area contributed by atoms with Gasteiger partial charge in [-0.25, -0.2) is 5.43 Å². The molecule has 0 saturated heterocycles. The molecule has 1 N–H and O–H groups in total. The highest BCUT2D eigenvalue weighted by molar-refractivity contribution is 9.10. The molecule has 8 heteroatoms. The van der Waals surface area contributed by atoms with Crippen LogP contribution in [0.4, 0.5) is 0 Å². The van der Waals surface area contributed by atoms with E-state index in [4.69, 9.17) is 0 Å². The van der Waals surface area contributed by atoms with Crippen molar-refractivity contribution in [2.75, 3.05) is 5.75 Å². The van der Waals surface area contributed by atoms with Crippen molar-refractivity contribution >= 4 is 45.9 Å². The topological polar surface area (TPSA) is 72.2 Å². The highest BCUT2D eigenvalue weighted by Crippen LogP contribution is 2.28. The first kappa shape index (κ1) is 23.7. The van der Waals surface area contributed by atoms with Crippen LogP contribution < -0.4 is 5.43 Å². The van der Waals surface area contributed by atoms with E-state index in [0.717, 1.165) is 26.9 Å². The molecule has 0 aliphatic carbocycles. The Morgan fingerprint density at radius 3 is 2.38 bits per heavy atom. The Labute approximate surface area is 210 Å². The lowest BCUT2D eigenvalue weighted by Gasteiger charge is -2.10. The normalized spacial score (nSPS) is 11.6. The van der Waals surface area contributed by atoms with E-state index < -0.39 is 0 Å². The Kier molecular flexibility index (Phi) is 8.06. The number of allylic oxidation sites excluding steroid dienone is 1. The zero-order valence-corrected chi connectivity index (χ0v) is 20.8. The third-order valence-corrected chi connectivity index (χ3v) is 6.19.